The first-order valence-electron chi connectivity index (χ1n) is 8.02. The number of carbonyl (C=O) groups is 1. The molecule has 2 aromatic rings. The van der Waals surface area contributed by atoms with Gasteiger partial charge in [0.15, 0.2) is 5.16 Å². The molecule has 0 saturated heterocycles. The summed E-state index contributed by atoms with van der Waals surface area (Å²) in [5.74, 6) is 0.379. The molecule has 0 fully saturated rings. The number of benzene rings is 1. The molecule has 1 amide bonds. The highest BCUT2D eigenvalue weighted by atomic mass is 32.2. The molecule has 23 heavy (non-hydrogen) atoms. The van der Waals surface area contributed by atoms with E-state index in [1.165, 1.54) is 17.3 Å². The highest BCUT2D eigenvalue weighted by Crippen LogP contribution is 2.29. The number of hydrogen-bond acceptors (Lipinski definition) is 3. The van der Waals surface area contributed by atoms with Crippen molar-refractivity contribution in [3.63, 3.8) is 0 Å². The van der Waals surface area contributed by atoms with E-state index in [2.05, 4.69) is 37.1 Å². The van der Waals surface area contributed by atoms with Crippen LogP contribution in [0.25, 0.3) is 0 Å². The number of hydrogen-bond donors (Lipinski definition) is 1. The SMILES string of the molecule is CCn1ccnc1SC(C)C(=O)Nc1c(C)cccc1C(C)C. The van der Waals surface area contributed by atoms with Crippen LogP contribution in [0.5, 0.6) is 0 Å². The molecule has 1 heterocycles. The fraction of sp³-hybridized carbons (Fsp3) is 0.444. The maximum Gasteiger partial charge on any atom is 0.237 e. The zero-order valence-corrected chi connectivity index (χ0v) is 15.3. The third kappa shape index (κ3) is 4.16. The van der Waals surface area contributed by atoms with Crippen molar-refractivity contribution in [3.8, 4) is 0 Å². The van der Waals surface area contributed by atoms with Crippen LogP contribution in [0.1, 0.15) is 44.7 Å². The maximum absolute atomic E-state index is 12.6. The van der Waals surface area contributed by atoms with E-state index in [1.54, 1.807) is 6.20 Å². The molecule has 1 N–H and O–H groups in total. The Morgan fingerprint density at radius 1 is 1.35 bits per heavy atom. The number of aryl methyl sites for hydroxylation is 2. The zero-order chi connectivity index (χ0) is 17.0. The smallest absolute Gasteiger partial charge is 0.237 e. The lowest BCUT2D eigenvalue weighted by molar-refractivity contribution is -0.115. The molecule has 0 saturated carbocycles. The lowest BCUT2D eigenvalue weighted by atomic mass is 9.98. The average Bonchev–Trinajstić information content (AvgIpc) is 2.95. The third-order valence-electron chi connectivity index (χ3n) is 3.84. The minimum Gasteiger partial charge on any atom is -0.326 e. The van der Waals surface area contributed by atoms with Crippen molar-refractivity contribution < 1.29 is 4.79 Å². The van der Waals surface area contributed by atoms with Gasteiger partial charge in [-0.25, -0.2) is 4.98 Å². The molecule has 0 aliphatic carbocycles. The second-order valence-electron chi connectivity index (χ2n) is 5.94. The molecule has 0 spiro atoms. The number of thioether (sulfide) groups is 1. The summed E-state index contributed by atoms with van der Waals surface area (Å²) < 4.78 is 2.04. The van der Waals surface area contributed by atoms with E-state index in [4.69, 9.17) is 0 Å². The summed E-state index contributed by atoms with van der Waals surface area (Å²) >= 11 is 1.49. The molecule has 1 aromatic carbocycles. The topological polar surface area (TPSA) is 46.9 Å². The van der Waals surface area contributed by atoms with Crippen LogP contribution < -0.4 is 5.32 Å². The second kappa shape index (κ2) is 7.68. The Balaban J connectivity index is 2.13. The minimum absolute atomic E-state index is 0.0110. The van der Waals surface area contributed by atoms with Gasteiger partial charge in [0.1, 0.15) is 0 Å². The Hall–Kier alpha value is -1.75. The molecule has 1 aromatic heterocycles. The summed E-state index contributed by atoms with van der Waals surface area (Å²) in [5, 5.41) is 3.79. The van der Waals surface area contributed by atoms with Gasteiger partial charge in [0, 0.05) is 24.6 Å². The number of amides is 1. The van der Waals surface area contributed by atoms with Gasteiger partial charge in [-0.2, -0.15) is 0 Å². The van der Waals surface area contributed by atoms with Crippen LogP contribution in [-0.4, -0.2) is 20.7 Å². The Kier molecular flexibility index (Phi) is 5.88. The summed E-state index contributed by atoms with van der Waals surface area (Å²) in [6.45, 7) is 11.1. The van der Waals surface area contributed by atoms with Crippen LogP contribution in [0.15, 0.2) is 35.7 Å². The van der Waals surface area contributed by atoms with Crippen molar-refractivity contribution in [3.05, 3.63) is 41.7 Å². The van der Waals surface area contributed by atoms with Gasteiger partial charge < -0.3 is 9.88 Å². The van der Waals surface area contributed by atoms with Gasteiger partial charge in [0.2, 0.25) is 5.91 Å². The Labute approximate surface area is 142 Å². The predicted octanol–water partition coefficient (Wildman–Crippen LogP) is 4.45. The van der Waals surface area contributed by atoms with Gasteiger partial charge >= 0.3 is 0 Å². The Morgan fingerprint density at radius 3 is 2.74 bits per heavy atom. The van der Waals surface area contributed by atoms with Gasteiger partial charge in [0.05, 0.1) is 5.25 Å². The highest BCUT2D eigenvalue weighted by Gasteiger charge is 2.19. The number of rotatable bonds is 6. The summed E-state index contributed by atoms with van der Waals surface area (Å²) in [7, 11) is 0. The molecule has 0 radical (unpaired) electrons. The molecule has 5 heteroatoms. The molecule has 4 nitrogen and oxygen atoms in total. The maximum atomic E-state index is 12.6. The molecular weight excluding hydrogens is 306 g/mol. The highest BCUT2D eigenvalue weighted by molar-refractivity contribution is 8.00. The van der Waals surface area contributed by atoms with Crippen LogP contribution in [0.2, 0.25) is 0 Å². The van der Waals surface area contributed by atoms with E-state index < -0.39 is 0 Å². The normalized spacial score (nSPS) is 12.4. The van der Waals surface area contributed by atoms with Crippen molar-refractivity contribution in [2.45, 2.75) is 57.5 Å². The summed E-state index contributed by atoms with van der Waals surface area (Å²) in [5.41, 5.74) is 3.21. The Morgan fingerprint density at radius 2 is 2.09 bits per heavy atom. The van der Waals surface area contributed by atoms with Gasteiger partial charge in [-0.05, 0) is 37.8 Å². The van der Waals surface area contributed by atoms with E-state index >= 15 is 0 Å². The van der Waals surface area contributed by atoms with Crippen molar-refractivity contribution >= 4 is 23.4 Å². The first-order chi connectivity index (χ1) is 10.9. The van der Waals surface area contributed by atoms with E-state index in [9.17, 15) is 4.79 Å². The Bertz CT molecular complexity index is 679. The number of nitrogens with zero attached hydrogens (tertiary/aromatic N) is 2. The molecule has 0 aliphatic heterocycles. The monoisotopic (exact) mass is 331 g/mol. The predicted molar refractivity (Wildman–Crippen MR) is 97.1 cm³/mol. The number of aromatic nitrogens is 2. The lowest BCUT2D eigenvalue weighted by Gasteiger charge is -2.18. The number of carbonyl (C=O) groups excluding carboxylic acids is 1. The number of imidazole rings is 1. The van der Waals surface area contributed by atoms with E-state index in [-0.39, 0.29) is 11.2 Å². The van der Waals surface area contributed by atoms with Gasteiger partial charge in [0.25, 0.3) is 0 Å². The van der Waals surface area contributed by atoms with Crippen molar-refractivity contribution in [2.24, 2.45) is 0 Å². The first kappa shape index (κ1) is 17.6. The number of para-hydroxylation sites is 1. The van der Waals surface area contributed by atoms with E-state index in [0.717, 1.165) is 23.0 Å². The molecule has 1 unspecified atom stereocenters. The molecule has 1 atom stereocenters. The molecule has 2 rings (SSSR count). The fourth-order valence-corrected chi connectivity index (χ4v) is 3.36. The lowest BCUT2D eigenvalue weighted by Crippen LogP contribution is -2.24. The summed E-state index contributed by atoms with van der Waals surface area (Å²) in [4.78, 5) is 16.9. The molecular formula is C18H25N3OS. The van der Waals surface area contributed by atoms with Gasteiger partial charge in [-0.1, -0.05) is 43.8 Å². The minimum atomic E-state index is -0.206. The van der Waals surface area contributed by atoms with Crippen molar-refractivity contribution in [1.82, 2.24) is 9.55 Å². The molecule has 0 bridgehead atoms. The first-order valence-corrected chi connectivity index (χ1v) is 8.90. The van der Waals surface area contributed by atoms with Crippen LogP contribution in [0.4, 0.5) is 5.69 Å². The van der Waals surface area contributed by atoms with Crippen LogP contribution in [0.3, 0.4) is 0 Å². The van der Waals surface area contributed by atoms with Crippen LogP contribution >= 0.6 is 11.8 Å². The van der Waals surface area contributed by atoms with Gasteiger partial charge in [-0.15, -0.1) is 0 Å². The number of anilines is 1. The van der Waals surface area contributed by atoms with Gasteiger partial charge in [-0.3, -0.25) is 4.79 Å². The fourth-order valence-electron chi connectivity index (χ4n) is 2.43. The number of nitrogens with one attached hydrogen (secondary N) is 1. The average molecular weight is 331 g/mol. The largest absolute Gasteiger partial charge is 0.326 e. The molecule has 124 valence electrons. The second-order valence-corrected chi connectivity index (χ2v) is 7.25. The van der Waals surface area contributed by atoms with Crippen LogP contribution in [0, 0.1) is 6.92 Å². The quantitative estimate of drug-likeness (QED) is 0.795. The summed E-state index contributed by atoms with van der Waals surface area (Å²) in [6.07, 6.45) is 3.71. The third-order valence-corrected chi connectivity index (χ3v) is 4.96. The van der Waals surface area contributed by atoms with Crippen LogP contribution in [-0.2, 0) is 11.3 Å². The summed E-state index contributed by atoms with van der Waals surface area (Å²) in [6, 6.07) is 6.15. The van der Waals surface area contributed by atoms with Crippen molar-refractivity contribution in [2.75, 3.05) is 5.32 Å². The zero-order valence-electron chi connectivity index (χ0n) is 14.5. The van der Waals surface area contributed by atoms with Crippen molar-refractivity contribution in [1.29, 1.82) is 0 Å². The molecule has 0 aliphatic rings. The van der Waals surface area contributed by atoms with E-state index in [0.29, 0.717) is 5.92 Å². The standard InChI is InChI=1S/C18H25N3OS/c1-6-21-11-10-19-18(21)23-14(5)17(22)20-16-13(4)8-7-9-15(16)12(2)3/h7-12,14H,6H2,1-5H3,(H,20,22). The van der Waals surface area contributed by atoms with E-state index in [1.807, 2.05) is 36.7 Å².